The molecule has 0 radical (unpaired) electrons. The minimum atomic E-state index is -4.67. The maximum atomic E-state index is 12.5. The molecule has 1 aliphatic heterocycles. The van der Waals surface area contributed by atoms with Crippen LogP contribution in [0.5, 0.6) is 0 Å². The minimum absolute atomic E-state index is 0.141. The number of aromatic nitrogens is 3. The molecule has 0 aliphatic carbocycles. The summed E-state index contributed by atoms with van der Waals surface area (Å²) in [6, 6.07) is 3.11. The molecule has 0 aromatic carbocycles. The fourth-order valence-electron chi connectivity index (χ4n) is 2.59. The number of hydrogen-bond donors (Lipinski definition) is 2. The topological polar surface area (TPSA) is 104 Å². The molecule has 0 bridgehead atoms. The van der Waals surface area contributed by atoms with Gasteiger partial charge in [0, 0.05) is 13.1 Å². The average molecular weight is 357 g/mol. The SMILES string of the molecule is O=C(Nc1n[nH]c(C(F)(F)F)n1)[C@@H]1CCCN(C(=O)c2ccco2)C1. The number of anilines is 1. The van der Waals surface area contributed by atoms with Crippen molar-refractivity contribution in [2.45, 2.75) is 19.0 Å². The smallest absolute Gasteiger partial charge is 0.451 e. The Kier molecular flexibility index (Phi) is 4.47. The van der Waals surface area contributed by atoms with Gasteiger partial charge in [0.05, 0.1) is 12.2 Å². The number of likely N-dealkylation sites (tertiary alicyclic amines) is 1. The summed E-state index contributed by atoms with van der Waals surface area (Å²) < 4.78 is 42.5. The Morgan fingerprint density at radius 2 is 2.20 bits per heavy atom. The third-order valence-corrected chi connectivity index (χ3v) is 3.80. The normalized spacial score (nSPS) is 18.2. The molecule has 1 aliphatic rings. The number of amides is 2. The number of alkyl halides is 3. The first-order valence-corrected chi connectivity index (χ1v) is 7.48. The highest BCUT2D eigenvalue weighted by Gasteiger charge is 2.36. The van der Waals surface area contributed by atoms with Crippen molar-refractivity contribution in [2.75, 3.05) is 18.4 Å². The summed E-state index contributed by atoms with van der Waals surface area (Å²) in [6.45, 7) is 0.615. The molecule has 25 heavy (non-hydrogen) atoms. The second-order valence-corrected chi connectivity index (χ2v) is 5.56. The maximum Gasteiger partial charge on any atom is 0.451 e. The summed E-state index contributed by atoms with van der Waals surface area (Å²) in [7, 11) is 0. The number of H-pyrrole nitrogens is 1. The van der Waals surface area contributed by atoms with Crippen LogP contribution in [0.1, 0.15) is 29.2 Å². The van der Waals surface area contributed by atoms with Gasteiger partial charge < -0.3 is 9.32 Å². The first-order valence-electron chi connectivity index (χ1n) is 7.48. The lowest BCUT2D eigenvalue weighted by Gasteiger charge is -2.31. The van der Waals surface area contributed by atoms with Crippen LogP contribution in [0.15, 0.2) is 22.8 Å². The van der Waals surface area contributed by atoms with E-state index in [1.54, 1.807) is 11.2 Å². The zero-order valence-electron chi connectivity index (χ0n) is 12.8. The molecule has 0 saturated carbocycles. The van der Waals surface area contributed by atoms with Gasteiger partial charge in [-0.2, -0.15) is 18.2 Å². The standard InChI is InChI=1S/C14H14F3N5O3/c15-14(16,17)12-19-13(21-20-12)18-10(23)8-3-1-5-22(7-8)11(24)9-4-2-6-25-9/h2,4,6,8H,1,3,5,7H2,(H2,18,19,20,21,23)/t8-/m1/s1. The van der Waals surface area contributed by atoms with Crippen LogP contribution in [0, 0.1) is 5.92 Å². The van der Waals surface area contributed by atoms with Crippen LogP contribution in [0.4, 0.5) is 19.1 Å². The van der Waals surface area contributed by atoms with E-state index in [2.05, 4.69) is 15.4 Å². The van der Waals surface area contributed by atoms with Gasteiger partial charge in [-0.1, -0.05) is 0 Å². The number of hydrogen-bond acceptors (Lipinski definition) is 5. The number of piperidine rings is 1. The van der Waals surface area contributed by atoms with Crippen molar-refractivity contribution in [1.29, 1.82) is 0 Å². The summed E-state index contributed by atoms with van der Waals surface area (Å²) in [5.74, 6) is -3.01. The van der Waals surface area contributed by atoms with Crippen molar-refractivity contribution in [2.24, 2.45) is 5.92 Å². The van der Waals surface area contributed by atoms with Gasteiger partial charge in [-0.05, 0) is 25.0 Å². The second-order valence-electron chi connectivity index (χ2n) is 5.56. The highest BCUT2D eigenvalue weighted by molar-refractivity contribution is 5.94. The third kappa shape index (κ3) is 3.80. The van der Waals surface area contributed by atoms with Gasteiger partial charge in [0.1, 0.15) is 0 Å². The predicted molar refractivity (Wildman–Crippen MR) is 77.3 cm³/mol. The van der Waals surface area contributed by atoms with Crippen molar-refractivity contribution in [3.63, 3.8) is 0 Å². The number of rotatable bonds is 3. The molecule has 2 aromatic heterocycles. The Labute approximate surface area is 139 Å². The summed E-state index contributed by atoms with van der Waals surface area (Å²) >= 11 is 0. The van der Waals surface area contributed by atoms with E-state index >= 15 is 0 Å². The summed E-state index contributed by atoms with van der Waals surface area (Å²) in [4.78, 5) is 29.2. The van der Waals surface area contributed by atoms with Gasteiger partial charge in [-0.15, -0.1) is 5.10 Å². The van der Waals surface area contributed by atoms with Crippen LogP contribution < -0.4 is 5.32 Å². The zero-order chi connectivity index (χ0) is 18.0. The number of carbonyl (C=O) groups excluding carboxylic acids is 2. The molecule has 11 heteroatoms. The molecule has 0 spiro atoms. The highest BCUT2D eigenvalue weighted by Crippen LogP contribution is 2.26. The number of halogens is 3. The Morgan fingerprint density at radius 1 is 1.40 bits per heavy atom. The lowest BCUT2D eigenvalue weighted by Crippen LogP contribution is -2.43. The summed E-state index contributed by atoms with van der Waals surface area (Å²) in [5.41, 5.74) is 0. The Bertz CT molecular complexity index is 756. The number of furan rings is 1. The molecule has 2 aromatic rings. The van der Waals surface area contributed by atoms with E-state index in [1.807, 2.05) is 0 Å². The lowest BCUT2D eigenvalue weighted by molar-refractivity contribution is -0.144. The van der Waals surface area contributed by atoms with Crippen molar-refractivity contribution in [1.82, 2.24) is 20.1 Å². The summed E-state index contributed by atoms with van der Waals surface area (Å²) in [6.07, 6.45) is -2.20. The van der Waals surface area contributed by atoms with Crippen LogP contribution in [0.3, 0.4) is 0 Å². The van der Waals surface area contributed by atoms with Gasteiger partial charge in [0.2, 0.25) is 17.7 Å². The van der Waals surface area contributed by atoms with Crippen molar-refractivity contribution in [3.05, 3.63) is 30.0 Å². The first-order chi connectivity index (χ1) is 11.8. The quantitative estimate of drug-likeness (QED) is 0.873. The van der Waals surface area contributed by atoms with E-state index in [0.717, 1.165) is 0 Å². The van der Waals surface area contributed by atoms with Gasteiger partial charge in [0.25, 0.3) is 5.91 Å². The Hall–Kier alpha value is -2.85. The van der Waals surface area contributed by atoms with Crippen molar-refractivity contribution < 1.29 is 27.2 Å². The van der Waals surface area contributed by atoms with E-state index in [-0.39, 0.29) is 18.2 Å². The number of nitrogens with one attached hydrogen (secondary N) is 2. The Balaban J connectivity index is 1.62. The minimum Gasteiger partial charge on any atom is -0.459 e. The van der Waals surface area contributed by atoms with Gasteiger partial charge >= 0.3 is 6.18 Å². The zero-order valence-corrected chi connectivity index (χ0v) is 12.8. The molecule has 0 unspecified atom stereocenters. The molecular weight excluding hydrogens is 343 g/mol. The van der Waals surface area contributed by atoms with Crippen LogP contribution in [-0.2, 0) is 11.0 Å². The van der Waals surface area contributed by atoms with E-state index in [9.17, 15) is 22.8 Å². The van der Waals surface area contributed by atoms with Crippen LogP contribution in [-0.4, -0.2) is 45.0 Å². The van der Waals surface area contributed by atoms with E-state index in [0.29, 0.717) is 19.4 Å². The van der Waals surface area contributed by atoms with Crippen molar-refractivity contribution in [3.8, 4) is 0 Å². The molecular formula is C14H14F3N5O3. The maximum absolute atomic E-state index is 12.5. The molecule has 8 nitrogen and oxygen atoms in total. The number of aromatic amines is 1. The number of carbonyl (C=O) groups is 2. The molecule has 2 amide bonds. The largest absolute Gasteiger partial charge is 0.459 e. The van der Waals surface area contributed by atoms with Crippen LogP contribution in [0.2, 0.25) is 0 Å². The molecule has 3 rings (SSSR count). The second kappa shape index (κ2) is 6.57. The van der Waals surface area contributed by atoms with Gasteiger partial charge in [0.15, 0.2) is 5.76 Å². The molecule has 1 atom stereocenters. The molecule has 3 heterocycles. The van der Waals surface area contributed by atoms with E-state index < -0.39 is 29.8 Å². The fourth-order valence-corrected chi connectivity index (χ4v) is 2.59. The molecule has 1 saturated heterocycles. The van der Waals surface area contributed by atoms with Crippen molar-refractivity contribution >= 4 is 17.8 Å². The third-order valence-electron chi connectivity index (χ3n) is 3.80. The summed E-state index contributed by atoms with van der Waals surface area (Å²) in [5, 5.41) is 7.29. The predicted octanol–water partition coefficient (Wildman–Crippen LogP) is 1.91. The van der Waals surface area contributed by atoms with Gasteiger partial charge in [-0.25, -0.2) is 0 Å². The highest BCUT2D eigenvalue weighted by atomic mass is 19.4. The molecule has 134 valence electrons. The fraction of sp³-hybridized carbons (Fsp3) is 0.429. The molecule has 1 fully saturated rings. The van der Waals surface area contributed by atoms with Crippen LogP contribution >= 0.6 is 0 Å². The average Bonchev–Trinajstić information content (AvgIpc) is 3.25. The molecule has 2 N–H and O–H groups in total. The first kappa shape index (κ1) is 17.0. The van der Waals surface area contributed by atoms with E-state index in [1.165, 1.54) is 17.2 Å². The lowest BCUT2D eigenvalue weighted by atomic mass is 9.97. The Morgan fingerprint density at radius 3 is 2.84 bits per heavy atom. The van der Waals surface area contributed by atoms with Crippen LogP contribution in [0.25, 0.3) is 0 Å². The monoisotopic (exact) mass is 357 g/mol. The van der Waals surface area contributed by atoms with Gasteiger partial charge in [-0.3, -0.25) is 20.0 Å². The number of nitrogens with zero attached hydrogens (tertiary/aromatic N) is 3. The van der Waals surface area contributed by atoms with E-state index in [4.69, 9.17) is 4.42 Å².